The van der Waals surface area contributed by atoms with Crippen molar-refractivity contribution in [2.45, 2.75) is 103 Å². The number of amides is 2. The zero-order valence-corrected chi connectivity index (χ0v) is 37.9. The molecule has 61 heavy (non-hydrogen) atoms. The number of ether oxygens (including phenoxy) is 2. The Labute approximate surface area is 360 Å². The van der Waals surface area contributed by atoms with E-state index in [0.29, 0.717) is 29.4 Å². The van der Waals surface area contributed by atoms with Crippen molar-refractivity contribution >= 4 is 37.2 Å². The van der Waals surface area contributed by atoms with Crippen molar-refractivity contribution in [3.05, 3.63) is 111 Å². The number of fused-ring (bicyclic) bond motifs is 1. The Kier molecular flexibility index (Phi) is 15.3. The smallest absolute Gasteiger partial charge is 0.410 e. The number of pyridine rings is 1. The first-order valence-corrected chi connectivity index (χ1v) is 24.2. The average molecular weight is 857 g/mol. The number of carbonyl (C=O) groups is 3. The highest BCUT2D eigenvalue weighted by molar-refractivity contribution is 6.74. The van der Waals surface area contributed by atoms with Crippen LogP contribution in [0.1, 0.15) is 100 Å². The van der Waals surface area contributed by atoms with E-state index in [2.05, 4.69) is 49.5 Å². The van der Waals surface area contributed by atoms with Crippen molar-refractivity contribution in [3.63, 3.8) is 0 Å². The monoisotopic (exact) mass is 856 g/mol. The van der Waals surface area contributed by atoms with Gasteiger partial charge in [-0.3, -0.25) is 9.59 Å². The van der Waals surface area contributed by atoms with E-state index in [4.69, 9.17) is 13.9 Å². The van der Waals surface area contributed by atoms with E-state index in [1.54, 1.807) is 86.3 Å². The molecular weight excluding hydrogens is 793 g/mol. The Balaban J connectivity index is 1.31. The molecule has 2 unspecified atom stereocenters. The molecule has 2 atom stereocenters. The molecule has 0 spiro atoms. The Bertz CT molecular complexity index is 2190. The fourth-order valence-corrected chi connectivity index (χ4v) is 8.37. The summed E-state index contributed by atoms with van der Waals surface area (Å²) in [6.07, 6.45) is 1.61. The number of aromatic hydroxyl groups is 1. The summed E-state index contributed by atoms with van der Waals surface area (Å²) in [4.78, 5) is 57.7. The lowest BCUT2D eigenvalue weighted by Gasteiger charge is -2.41. The van der Waals surface area contributed by atoms with Crippen molar-refractivity contribution in [1.82, 2.24) is 20.5 Å². The van der Waals surface area contributed by atoms with Crippen LogP contribution >= 0.6 is 0 Å². The number of carbonyl (C=O) groups excluding carboxylic acids is 3. The van der Waals surface area contributed by atoms with E-state index >= 15 is 0 Å². The summed E-state index contributed by atoms with van der Waals surface area (Å²) in [7, 11) is -2.46. The van der Waals surface area contributed by atoms with E-state index in [0.717, 1.165) is 25.9 Å². The summed E-state index contributed by atoms with van der Waals surface area (Å²) in [6.45, 7) is 18.7. The maximum atomic E-state index is 13.8. The van der Waals surface area contributed by atoms with E-state index in [-0.39, 0.29) is 71.1 Å². The molecule has 13 nitrogen and oxygen atoms in total. The second kappa shape index (κ2) is 19.8. The number of phenols is 1. The number of hydrogen-bond acceptors (Lipinski definition) is 10. The number of unbranched alkanes of at least 4 members (excludes halogenated alkanes) is 1. The van der Waals surface area contributed by atoms with Gasteiger partial charge in [-0.05, 0) is 119 Å². The van der Waals surface area contributed by atoms with Gasteiger partial charge in [0.05, 0.1) is 24.8 Å². The Morgan fingerprint density at radius 1 is 0.902 bits per heavy atom. The minimum absolute atomic E-state index is 0.0716. The number of rotatable bonds is 16. The maximum absolute atomic E-state index is 13.8. The summed E-state index contributed by atoms with van der Waals surface area (Å²) in [5, 5.41) is 29.5. The van der Waals surface area contributed by atoms with Crippen LogP contribution in [0.5, 0.6) is 5.75 Å². The molecule has 2 amide bonds. The number of piperidine rings is 1. The summed E-state index contributed by atoms with van der Waals surface area (Å²) < 4.78 is 18.6. The van der Waals surface area contributed by atoms with Gasteiger partial charge < -0.3 is 44.6 Å². The van der Waals surface area contributed by atoms with Crippen LogP contribution in [0.3, 0.4) is 0 Å². The minimum Gasteiger partial charge on any atom is -0.506 e. The number of nitrogens with one attached hydrogen (secondary N) is 3. The highest BCUT2D eigenvalue weighted by Crippen LogP contribution is 2.42. The van der Waals surface area contributed by atoms with Crippen LogP contribution < -0.4 is 16.2 Å². The number of H-pyrrole nitrogens is 1. The quantitative estimate of drug-likeness (QED) is 0.0430. The summed E-state index contributed by atoms with van der Waals surface area (Å²) in [5.41, 5.74) is -1.43. The second-order valence-electron chi connectivity index (χ2n) is 18.5. The SMILES string of the molecule is CC(C)(C)OC(=O)N(CCCCNC(=O)c1cccc(C(O)(C(=O)OCC2CCNCC2)c2ccccc2)c1)CC(O[Si](C)(C)C(C)(C)C)c1ccc(O)c2[nH]c(=O)ccc12. The molecule has 330 valence electrons. The van der Waals surface area contributed by atoms with Crippen LogP contribution in [0, 0.1) is 5.92 Å². The number of aromatic nitrogens is 1. The molecule has 1 aliphatic rings. The van der Waals surface area contributed by atoms with Crippen LogP contribution in [-0.2, 0) is 24.3 Å². The third-order valence-corrected chi connectivity index (χ3v) is 16.1. The van der Waals surface area contributed by atoms with Gasteiger partial charge in [-0.2, -0.15) is 0 Å². The molecule has 4 aromatic rings. The normalized spacial score (nSPS) is 15.4. The molecule has 2 heterocycles. The Morgan fingerprint density at radius 2 is 1.59 bits per heavy atom. The molecule has 1 fully saturated rings. The largest absolute Gasteiger partial charge is 0.506 e. The van der Waals surface area contributed by atoms with Crippen LogP contribution in [0.4, 0.5) is 4.79 Å². The highest BCUT2D eigenvalue weighted by Gasteiger charge is 2.43. The third kappa shape index (κ3) is 12.1. The molecule has 0 saturated carbocycles. The number of nitrogens with zero attached hydrogens (tertiary/aromatic N) is 1. The molecule has 5 rings (SSSR count). The maximum Gasteiger partial charge on any atom is 0.410 e. The zero-order valence-electron chi connectivity index (χ0n) is 36.9. The predicted molar refractivity (Wildman–Crippen MR) is 239 cm³/mol. The van der Waals surface area contributed by atoms with Gasteiger partial charge >= 0.3 is 12.1 Å². The van der Waals surface area contributed by atoms with Gasteiger partial charge in [0.25, 0.3) is 5.91 Å². The van der Waals surface area contributed by atoms with E-state index < -0.39 is 37.7 Å². The Morgan fingerprint density at radius 3 is 2.26 bits per heavy atom. The number of aliphatic hydroxyl groups is 1. The fraction of sp³-hybridized carbons (Fsp3) is 0.489. The molecule has 1 aromatic heterocycles. The number of benzene rings is 3. The average Bonchev–Trinajstić information content (AvgIpc) is 3.21. The van der Waals surface area contributed by atoms with Gasteiger partial charge in [0.1, 0.15) is 11.4 Å². The first kappa shape index (κ1) is 47.0. The number of aromatic amines is 1. The Hall–Kier alpha value is -5.02. The summed E-state index contributed by atoms with van der Waals surface area (Å²) >= 11 is 0. The molecule has 14 heteroatoms. The topological polar surface area (TPSA) is 180 Å². The molecule has 1 saturated heterocycles. The molecule has 5 N–H and O–H groups in total. The van der Waals surface area contributed by atoms with Crippen LogP contribution in [0.15, 0.2) is 83.7 Å². The van der Waals surface area contributed by atoms with Crippen molar-refractivity contribution in [1.29, 1.82) is 0 Å². The number of phenolic OH excluding ortho intramolecular Hbond substituents is 1. The lowest BCUT2D eigenvalue weighted by Crippen LogP contribution is -2.46. The van der Waals surface area contributed by atoms with Gasteiger partial charge in [0.15, 0.2) is 8.32 Å². The third-order valence-electron chi connectivity index (χ3n) is 11.6. The minimum atomic E-state index is -2.46. The molecule has 0 aliphatic carbocycles. The summed E-state index contributed by atoms with van der Waals surface area (Å²) in [5.74, 6) is -1.06. The number of esters is 1. The van der Waals surface area contributed by atoms with E-state index in [1.165, 1.54) is 18.2 Å². The molecular formula is C47H64N4O9Si. The van der Waals surface area contributed by atoms with Crippen molar-refractivity contribution in [2.24, 2.45) is 5.92 Å². The van der Waals surface area contributed by atoms with Gasteiger partial charge in [-0.1, -0.05) is 69.3 Å². The van der Waals surface area contributed by atoms with E-state index in [9.17, 15) is 29.4 Å². The lowest BCUT2D eigenvalue weighted by molar-refractivity contribution is -0.163. The van der Waals surface area contributed by atoms with Crippen LogP contribution in [0.25, 0.3) is 10.9 Å². The molecule has 1 aliphatic heterocycles. The van der Waals surface area contributed by atoms with Crippen molar-refractivity contribution in [3.8, 4) is 5.75 Å². The fourth-order valence-electron chi connectivity index (χ4n) is 7.10. The first-order valence-electron chi connectivity index (χ1n) is 21.2. The molecule has 0 bridgehead atoms. The van der Waals surface area contributed by atoms with Gasteiger partial charge in [-0.25, -0.2) is 9.59 Å². The highest BCUT2D eigenvalue weighted by atomic mass is 28.4. The lowest BCUT2D eigenvalue weighted by atomic mass is 9.85. The van der Waals surface area contributed by atoms with Gasteiger partial charge in [-0.15, -0.1) is 0 Å². The van der Waals surface area contributed by atoms with Gasteiger partial charge in [0.2, 0.25) is 11.2 Å². The standard InChI is InChI=1S/C47H64N4O9Si/c1-45(2,3)59-44(56)51(30-39(60-61(7,8)46(4,5)6)36-19-21-38(52)41-37(36)20-22-40(53)50-41)28-13-12-25-49-42(54)33-15-14-18-35(29-33)47(57,34-16-10-9-11-17-34)43(55)58-31-32-23-26-48-27-24-32/h9-11,14-22,29,32,39,48,52,57H,12-13,23-28,30-31H2,1-8H3,(H,49,54)(H,50,53). The van der Waals surface area contributed by atoms with E-state index in [1.807, 2.05) is 0 Å². The number of hydrogen-bond donors (Lipinski definition) is 5. The summed E-state index contributed by atoms with van der Waals surface area (Å²) in [6, 6.07) is 21.3. The van der Waals surface area contributed by atoms with Crippen LogP contribution in [-0.4, -0.2) is 91.3 Å². The predicted octanol–water partition coefficient (Wildman–Crippen LogP) is 7.52. The first-order chi connectivity index (χ1) is 28.7. The second-order valence-corrected chi connectivity index (χ2v) is 23.2. The molecule has 0 radical (unpaired) electrons. The zero-order chi connectivity index (χ0) is 44.6. The molecule has 3 aromatic carbocycles. The van der Waals surface area contributed by atoms with Crippen molar-refractivity contribution in [2.75, 3.05) is 39.3 Å². The van der Waals surface area contributed by atoms with Crippen LogP contribution in [0.2, 0.25) is 18.1 Å². The van der Waals surface area contributed by atoms with Crippen molar-refractivity contribution < 1.29 is 38.5 Å². The van der Waals surface area contributed by atoms with Gasteiger partial charge in [0, 0.05) is 35.7 Å².